The van der Waals surface area contributed by atoms with Crippen molar-refractivity contribution in [1.82, 2.24) is 34.8 Å². The molecule has 0 amide bonds. The first-order chi connectivity index (χ1) is 28.2. The Kier molecular flexibility index (Phi) is 11.9. The Hall–Kier alpha value is -6.76. The third kappa shape index (κ3) is 11.2. The van der Waals surface area contributed by atoms with Crippen molar-refractivity contribution in [2.75, 3.05) is 70.8 Å². The van der Waals surface area contributed by atoms with Gasteiger partial charge in [0.05, 0.1) is 11.1 Å². The Labute approximate surface area is 335 Å². The first-order valence-corrected chi connectivity index (χ1v) is 18.5. The molecule has 1 fully saturated rings. The number of hydrogen-bond donors (Lipinski definition) is 5. The number of rotatable bonds is 13. The summed E-state index contributed by atoms with van der Waals surface area (Å²) in [5.41, 5.74) is 2.28. The number of benzene rings is 4. The molecule has 0 bridgehead atoms. The van der Waals surface area contributed by atoms with Crippen molar-refractivity contribution >= 4 is 58.4 Å². The highest BCUT2D eigenvalue weighted by molar-refractivity contribution is 5.62. The van der Waals surface area contributed by atoms with Gasteiger partial charge in [-0.3, -0.25) is 4.90 Å². The monoisotopic (exact) mass is 815 g/mol. The van der Waals surface area contributed by atoms with Crippen LogP contribution in [-0.2, 0) is 12.4 Å². The van der Waals surface area contributed by atoms with Gasteiger partial charge in [-0.25, -0.2) is 0 Å². The zero-order chi connectivity index (χ0) is 41.6. The molecule has 0 atom stereocenters. The summed E-state index contributed by atoms with van der Waals surface area (Å²) < 4.78 is 80.5. The summed E-state index contributed by atoms with van der Waals surface area (Å²) in [4.78, 5) is 31.2. The number of piperazine rings is 1. The minimum Gasteiger partial charge on any atom is -0.353 e. The highest BCUT2D eigenvalue weighted by Gasteiger charge is 2.31. The van der Waals surface area contributed by atoms with E-state index in [-0.39, 0.29) is 41.1 Å². The Balaban J connectivity index is 1.02. The molecule has 6 aromatic rings. The van der Waals surface area contributed by atoms with Crippen LogP contribution in [0.3, 0.4) is 0 Å². The summed E-state index contributed by atoms with van der Waals surface area (Å²) in [5.74, 6) is 1.08. The molecule has 1 aliphatic rings. The highest BCUT2D eigenvalue weighted by Crippen LogP contribution is 2.33. The lowest BCUT2D eigenvalue weighted by atomic mass is 10.2. The van der Waals surface area contributed by atoms with Crippen molar-refractivity contribution in [2.24, 2.45) is 0 Å². The largest absolute Gasteiger partial charge is 0.416 e. The van der Waals surface area contributed by atoms with E-state index in [1.807, 2.05) is 67.3 Å². The van der Waals surface area contributed by atoms with Crippen LogP contribution in [0.2, 0.25) is 0 Å². The maximum absolute atomic E-state index is 13.4. The second kappa shape index (κ2) is 17.4. The molecule has 0 aliphatic carbocycles. The summed E-state index contributed by atoms with van der Waals surface area (Å²) in [6, 6.07) is 24.7. The summed E-state index contributed by atoms with van der Waals surface area (Å²) >= 11 is 0. The molecule has 5 N–H and O–H groups in total. The minimum absolute atomic E-state index is 0.0422. The average Bonchev–Trinajstić information content (AvgIpc) is 3.19. The van der Waals surface area contributed by atoms with Crippen LogP contribution in [0.5, 0.6) is 0 Å². The topological polar surface area (TPSA) is 144 Å². The van der Waals surface area contributed by atoms with Gasteiger partial charge in [0.2, 0.25) is 35.7 Å². The zero-order valence-corrected chi connectivity index (χ0v) is 31.8. The molecule has 7 rings (SSSR count). The van der Waals surface area contributed by atoms with E-state index in [4.69, 9.17) is 0 Å². The third-order valence-electron chi connectivity index (χ3n) is 9.13. The molecule has 1 saturated heterocycles. The number of anilines is 10. The fourth-order valence-electron chi connectivity index (χ4n) is 6.02. The fraction of sp³-hybridized carbons (Fsp3) is 0.250. The predicted molar refractivity (Wildman–Crippen MR) is 215 cm³/mol. The first-order valence-electron chi connectivity index (χ1n) is 18.5. The van der Waals surface area contributed by atoms with Crippen molar-refractivity contribution in [2.45, 2.75) is 26.2 Å². The third-order valence-corrected chi connectivity index (χ3v) is 9.13. The number of hydrogen-bond acceptors (Lipinski definition) is 13. The average molecular weight is 816 g/mol. The number of aryl methyl sites for hydroxylation is 2. The van der Waals surface area contributed by atoms with Crippen LogP contribution in [0.25, 0.3) is 0 Å². The number of aromatic nitrogens is 6. The Morgan fingerprint density at radius 3 is 1.34 bits per heavy atom. The molecule has 2 aromatic heterocycles. The van der Waals surface area contributed by atoms with Gasteiger partial charge in [-0.2, -0.15) is 56.2 Å². The molecular formula is C40H39F6N13. The molecule has 13 nitrogen and oxygen atoms in total. The molecule has 0 unspecified atom stereocenters. The molecular weight excluding hydrogens is 777 g/mol. The lowest BCUT2D eigenvalue weighted by Gasteiger charge is -2.34. The van der Waals surface area contributed by atoms with Crippen LogP contribution in [0, 0.1) is 13.8 Å². The van der Waals surface area contributed by atoms with Gasteiger partial charge < -0.3 is 31.5 Å². The Bertz CT molecular complexity index is 2350. The van der Waals surface area contributed by atoms with E-state index in [2.05, 4.69) is 61.4 Å². The number of alkyl halides is 6. The standard InChI is InChI=1S/C40H39F6N13/c1-25-9-13-29(14-10-25)48-34-52-33(53-35(54-34)50-31-7-3-5-27(23-31)39(41,42)43)47-17-18-58-19-21-59(22-20-58)38-56-36(49-30-15-11-26(2)12-16-30)55-37(57-38)51-32-8-4-6-28(24-32)40(44,45)46/h3-16,23-24H,17-22H2,1-2H3,(H2,49,51,55,56,57)(H3,47,48,50,52,53,54). The van der Waals surface area contributed by atoms with E-state index in [1.54, 1.807) is 0 Å². The van der Waals surface area contributed by atoms with Crippen LogP contribution in [0.1, 0.15) is 22.3 Å². The van der Waals surface area contributed by atoms with E-state index in [9.17, 15) is 26.3 Å². The Morgan fingerprint density at radius 2 is 0.898 bits per heavy atom. The summed E-state index contributed by atoms with van der Waals surface area (Å²) in [6.07, 6.45) is -9.03. The van der Waals surface area contributed by atoms with Crippen molar-refractivity contribution in [1.29, 1.82) is 0 Å². The summed E-state index contributed by atoms with van der Waals surface area (Å²) in [6.45, 7) is 7.29. The van der Waals surface area contributed by atoms with Crippen molar-refractivity contribution < 1.29 is 26.3 Å². The summed E-state index contributed by atoms with van der Waals surface area (Å²) in [5, 5.41) is 15.3. The van der Waals surface area contributed by atoms with Gasteiger partial charge in [-0.15, -0.1) is 0 Å². The zero-order valence-electron chi connectivity index (χ0n) is 31.8. The Morgan fingerprint density at radius 1 is 0.492 bits per heavy atom. The molecule has 0 spiro atoms. The highest BCUT2D eigenvalue weighted by atomic mass is 19.4. The van der Waals surface area contributed by atoms with Crippen molar-refractivity contribution in [3.63, 3.8) is 0 Å². The smallest absolute Gasteiger partial charge is 0.353 e. The van der Waals surface area contributed by atoms with Crippen LogP contribution >= 0.6 is 0 Å². The van der Waals surface area contributed by atoms with Crippen LogP contribution in [-0.4, -0.2) is 74.1 Å². The van der Waals surface area contributed by atoms with Crippen molar-refractivity contribution in [3.8, 4) is 0 Å². The van der Waals surface area contributed by atoms with Gasteiger partial charge in [0.15, 0.2) is 0 Å². The number of halogens is 6. The molecule has 19 heteroatoms. The van der Waals surface area contributed by atoms with E-state index in [0.717, 1.165) is 41.1 Å². The minimum atomic E-state index is -4.52. The molecule has 0 radical (unpaired) electrons. The number of nitrogens with zero attached hydrogens (tertiary/aromatic N) is 8. The maximum Gasteiger partial charge on any atom is 0.416 e. The van der Waals surface area contributed by atoms with E-state index in [0.29, 0.717) is 50.9 Å². The fourth-order valence-corrected chi connectivity index (χ4v) is 6.02. The van der Waals surface area contributed by atoms with Crippen LogP contribution < -0.4 is 31.5 Å². The van der Waals surface area contributed by atoms with Crippen LogP contribution in [0.15, 0.2) is 97.1 Å². The molecule has 4 aromatic carbocycles. The second-order valence-electron chi connectivity index (χ2n) is 13.7. The molecule has 0 saturated carbocycles. The van der Waals surface area contributed by atoms with E-state index < -0.39 is 23.5 Å². The van der Waals surface area contributed by atoms with Gasteiger partial charge in [0.1, 0.15) is 0 Å². The van der Waals surface area contributed by atoms with Crippen molar-refractivity contribution in [3.05, 3.63) is 119 Å². The maximum atomic E-state index is 13.4. The van der Waals surface area contributed by atoms with Crippen LogP contribution in [0.4, 0.5) is 84.8 Å². The molecule has 1 aliphatic heterocycles. The lowest BCUT2D eigenvalue weighted by molar-refractivity contribution is -0.138. The first kappa shape index (κ1) is 40.4. The normalized spacial score (nSPS) is 13.5. The van der Waals surface area contributed by atoms with Gasteiger partial charge in [-0.1, -0.05) is 47.5 Å². The molecule has 59 heavy (non-hydrogen) atoms. The number of nitrogens with one attached hydrogen (secondary N) is 5. The van der Waals surface area contributed by atoms with Gasteiger partial charge in [0.25, 0.3) is 0 Å². The summed E-state index contributed by atoms with van der Waals surface area (Å²) in [7, 11) is 0. The van der Waals surface area contributed by atoms with Gasteiger partial charge in [0, 0.05) is 62.0 Å². The quantitative estimate of drug-likeness (QED) is 0.0709. The van der Waals surface area contributed by atoms with E-state index >= 15 is 0 Å². The predicted octanol–water partition coefficient (Wildman–Crippen LogP) is 8.92. The van der Waals surface area contributed by atoms with Gasteiger partial charge in [-0.05, 0) is 74.5 Å². The molecule has 3 heterocycles. The van der Waals surface area contributed by atoms with Gasteiger partial charge >= 0.3 is 12.4 Å². The molecule has 306 valence electrons. The lowest BCUT2D eigenvalue weighted by Crippen LogP contribution is -2.48. The van der Waals surface area contributed by atoms with E-state index in [1.165, 1.54) is 24.3 Å². The SMILES string of the molecule is Cc1ccc(Nc2nc(NCCN3CCN(c4nc(Nc5ccc(C)cc5)nc(Nc5cccc(C(F)(F)F)c5)n4)CC3)nc(Nc3cccc(C(F)(F)F)c3)n2)cc1. The second-order valence-corrected chi connectivity index (χ2v) is 13.7.